The van der Waals surface area contributed by atoms with Gasteiger partial charge in [-0.3, -0.25) is 9.79 Å². The molecule has 0 atom stereocenters. The van der Waals surface area contributed by atoms with Crippen molar-refractivity contribution >= 4 is 24.4 Å². The Morgan fingerprint density at radius 2 is 1.48 bits per heavy atom. The number of benzene rings is 1. The minimum atomic E-state index is -4.54. The lowest BCUT2D eigenvalue weighted by atomic mass is 9.80. The summed E-state index contributed by atoms with van der Waals surface area (Å²) in [6, 6.07) is 5.45. The summed E-state index contributed by atoms with van der Waals surface area (Å²) in [6.45, 7) is 12.2. The lowest BCUT2D eigenvalue weighted by Gasteiger charge is -2.27. The van der Waals surface area contributed by atoms with Crippen LogP contribution in [0.15, 0.2) is 18.2 Å². The van der Waals surface area contributed by atoms with E-state index in [0.29, 0.717) is 16.6 Å². The van der Waals surface area contributed by atoms with Gasteiger partial charge >= 0.3 is 24.4 Å². The molecule has 3 N–H and O–H groups in total. The molecule has 0 bridgehead atoms. The van der Waals surface area contributed by atoms with E-state index in [1.54, 1.807) is 6.07 Å². The molecule has 1 aromatic rings. The van der Waals surface area contributed by atoms with Crippen LogP contribution in [0.5, 0.6) is 5.75 Å². The van der Waals surface area contributed by atoms with Crippen LogP contribution in [-0.2, 0) is 15.4 Å². The summed E-state index contributed by atoms with van der Waals surface area (Å²) in [4.78, 5) is 18.0. The van der Waals surface area contributed by atoms with Gasteiger partial charge in [0.2, 0.25) is 0 Å². The third kappa shape index (κ3) is 6.97. The standard InChI is InChI=1S/C14H23O4P.Al.H2O.2H/c1-13(2,3)10-7-8-12(18-19(15,16)17)11(9-10)14(4,5)6;;;;/h7-9H,1-6H3,(H2,15,16,17);;1H2;;/q;+1;;;/p-1. The van der Waals surface area contributed by atoms with Gasteiger partial charge in [-0.15, -0.1) is 0 Å². The van der Waals surface area contributed by atoms with Crippen molar-refractivity contribution < 1.29 is 23.0 Å². The van der Waals surface area contributed by atoms with E-state index in [9.17, 15) is 4.57 Å². The van der Waals surface area contributed by atoms with Crippen LogP contribution >= 0.6 is 7.82 Å². The van der Waals surface area contributed by atoms with Crippen molar-refractivity contribution in [3.05, 3.63) is 29.3 Å². The van der Waals surface area contributed by atoms with E-state index < -0.39 is 7.82 Å². The molecule has 0 aliphatic carbocycles. The minimum Gasteiger partial charge on any atom is -0.521 e. The first-order valence-electron chi connectivity index (χ1n) is 6.65. The largest absolute Gasteiger partial charge is 0.524 e. The summed E-state index contributed by atoms with van der Waals surface area (Å²) in [5.74, 6) is 0.244. The van der Waals surface area contributed by atoms with Crippen LogP contribution in [0.4, 0.5) is 0 Å². The maximum absolute atomic E-state index is 11.0. The zero-order valence-corrected chi connectivity index (χ0v) is 16.7. The van der Waals surface area contributed by atoms with E-state index >= 15 is 0 Å². The van der Waals surface area contributed by atoms with Crippen LogP contribution in [0, 0.1) is 0 Å². The number of hydrogen-bond donors (Lipinski definition) is 3. The van der Waals surface area contributed by atoms with Crippen molar-refractivity contribution in [2.75, 3.05) is 0 Å². The van der Waals surface area contributed by atoms with Gasteiger partial charge in [0.25, 0.3) is 0 Å². The predicted octanol–water partition coefficient (Wildman–Crippen LogP) is 2.28. The number of phosphoric acid groups is 1. The lowest BCUT2D eigenvalue weighted by Crippen LogP contribution is -2.17. The van der Waals surface area contributed by atoms with Gasteiger partial charge in [0, 0.05) is 5.56 Å². The molecule has 21 heavy (non-hydrogen) atoms. The third-order valence-corrected chi connectivity index (χ3v) is 3.31. The van der Waals surface area contributed by atoms with Crippen LogP contribution in [0.3, 0.4) is 0 Å². The van der Waals surface area contributed by atoms with Gasteiger partial charge in [-0.2, -0.15) is 0 Å². The summed E-state index contributed by atoms with van der Waals surface area (Å²) in [6.07, 6.45) is 0. The molecule has 120 valence electrons. The number of hydrogen-bond acceptors (Lipinski definition) is 3. The molecular formula is C14H26AlO5P. The molecule has 0 aliphatic heterocycles. The van der Waals surface area contributed by atoms with E-state index in [-0.39, 0.29) is 16.6 Å². The molecule has 0 saturated heterocycles. The van der Waals surface area contributed by atoms with Gasteiger partial charge in [-0.25, -0.2) is 4.57 Å². The second-order valence-corrected chi connectivity index (χ2v) is 7.96. The van der Waals surface area contributed by atoms with E-state index in [4.69, 9.17) is 18.5 Å². The first kappa shape index (κ1) is 20.7. The van der Waals surface area contributed by atoms with Crippen LogP contribution in [0.1, 0.15) is 52.7 Å². The second-order valence-electron chi connectivity index (χ2n) is 6.79. The Morgan fingerprint density at radius 3 is 1.81 bits per heavy atom. The Balaban J connectivity index is 0.00000191. The Labute approximate surface area is 135 Å². The summed E-state index contributed by atoms with van der Waals surface area (Å²) in [7, 11) is -4.54. The van der Waals surface area contributed by atoms with Gasteiger partial charge < -0.3 is 8.68 Å². The van der Waals surface area contributed by atoms with Crippen molar-refractivity contribution in [3.63, 3.8) is 0 Å². The molecule has 0 radical (unpaired) electrons. The molecular weight excluding hydrogens is 306 g/mol. The zero-order valence-electron chi connectivity index (χ0n) is 13.8. The van der Waals surface area contributed by atoms with Gasteiger partial charge in [-0.1, -0.05) is 53.7 Å². The predicted molar refractivity (Wildman–Crippen MR) is 87.3 cm³/mol. The molecule has 1 rings (SSSR count). The molecule has 7 heteroatoms. The van der Waals surface area contributed by atoms with Crippen molar-refractivity contribution in [3.8, 4) is 5.75 Å². The Morgan fingerprint density at radius 1 is 1.00 bits per heavy atom. The molecule has 5 nitrogen and oxygen atoms in total. The Hall–Kier alpha value is -0.338. The molecule has 0 spiro atoms. The van der Waals surface area contributed by atoms with E-state index in [2.05, 4.69) is 20.8 Å². The average molecular weight is 332 g/mol. The molecule has 0 saturated carbocycles. The number of rotatable bonds is 2. The van der Waals surface area contributed by atoms with Gasteiger partial charge in [0.15, 0.2) is 0 Å². The summed E-state index contributed by atoms with van der Waals surface area (Å²) >= 11 is 0.306. The van der Waals surface area contributed by atoms with Crippen molar-refractivity contribution in [1.82, 2.24) is 0 Å². The van der Waals surface area contributed by atoms with E-state index in [1.807, 2.05) is 32.9 Å². The van der Waals surface area contributed by atoms with Crippen LogP contribution < -0.4 is 4.52 Å². The van der Waals surface area contributed by atoms with Crippen LogP contribution in [0.2, 0.25) is 0 Å². The normalized spacial score (nSPS) is 12.4. The topological polar surface area (TPSA) is 87.0 Å². The molecule has 1 aromatic carbocycles. The molecule has 0 aliphatic rings. The van der Waals surface area contributed by atoms with Crippen LogP contribution in [0.25, 0.3) is 0 Å². The quantitative estimate of drug-likeness (QED) is 0.571. The van der Waals surface area contributed by atoms with Gasteiger partial charge in [0.1, 0.15) is 5.75 Å². The maximum atomic E-state index is 11.0. The highest BCUT2D eigenvalue weighted by Crippen LogP contribution is 2.43. The van der Waals surface area contributed by atoms with E-state index in [1.165, 1.54) is 0 Å². The van der Waals surface area contributed by atoms with Crippen molar-refractivity contribution in [1.29, 1.82) is 0 Å². The van der Waals surface area contributed by atoms with Gasteiger partial charge in [-0.05, 0) is 22.5 Å². The minimum absolute atomic E-state index is 0.0271. The monoisotopic (exact) mass is 332 g/mol. The summed E-state index contributed by atoms with van der Waals surface area (Å²) in [5, 5.41) is 0. The van der Waals surface area contributed by atoms with Crippen LogP contribution in [-0.4, -0.2) is 30.6 Å². The van der Waals surface area contributed by atoms with E-state index in [0.717, 1.165) is 11.1 Å². The SMILES string of the molecule is CC(C)(C)c1ccc(OP(=O)(O)O)c(C(C)(C)C)c1.[OH][AlH2]. The second kappa shape index (κ2) is 7.28. The average Bonchev–Trinajstić information content (AvgIpc) is 2.27. The summed E-state index contributed by atoms with van der Waals surface area (Å²) < 4.78 is 23.0. The fraction of sp³-hybridized carbons (Fsp3) is 0.571. The molecule has 0 aromatic heterocycles. The smallest absolute Gasteiger partial charge is 0.521 e. The maximum Gasteiger partial charge on any atom is 0.524 e. The van der Waals surface area contributed by atoms with Gasteiger partial charge in [0.05, 0.1) is 0 Å². The molecule has 0 unspecified atom stereocenters. The summed E-state index contributed by atoms with van der Waals surface area (Å²) in [5.41, 5.74) is 1.62. The number of phosphoric ester groups is 1. The Bertz CT molecular complexity index is 511. The molecule has 0 fully saturated rings. The fourth-order valence-electron chi connectivity index (χ4n) is 1.79. The van der Waals surface area contributed by atoms with Crippen molar-refractivity contribution in [2.45, 2.75) is 52.4 Å². The third-order valence-electron chi connectivity index (χ3n) is 2.87. The highest BCUT2D eigenvalue weighted by molar-refractivity contribution is 7.46. The fourth-order valence-corrected chi connectivity index (χ4v) is 2.21. The van der Waals surface area contributed by atoms with Crippen molar-refractivity contribution in [2.24, 2.45) is 0 Å². The lowest BCUT2D eigenvalue weighted by molar-refractivity contribution is 0.281. The first-order valence-corrected chi connectivity index (χ1v) is 9.08. The highest BCUT2D eigenvalue weighted by Gasteiger charge is 2.26. The molecule has 0 heterocycles. The zero-order chi connectivity index (χ0) is 17.1. The Kier molecular flexibility index (Phi) is 7.17. The first-order chi connectivity index (χ1) is 9.31. The molecule has 0 amide bonds. The highest BCUT2D eigenvalue weighted by atomic mass is 31.2.